The Balaban J connectivity index is 0.836. The first-order valence-corrected chi connectivity index (χ1v) is 29.6. The summed E-state index contributed by atoms with van der Waals surface area (Å²) in [6, 6.07) is 33.2. The molecule has 0 radical (unpaired) electrons. The van der Waals surface area contributed by atoms with Crippen LogP contribution < -0.4 is 40.2 Å². The lowest BCUT2D eigenvalue weighted by molar-refractivity contribution is -0.115. The van der Waals surface area contributed by atoms with Crippen molar-refractivity contribution in [1.29, 1.82) is 0 Å². The predicted molar refractivity (Wildman–Crippen MR) is 347 cm³/mol. The number of rotatable bonds is 30. The third-order valence-electron chi connectivity index (χ3n) is 14.4. The van der Waals surface area contributed by atoms with Crippen LogP contribution in [-0.2, 0) is 9.59 Å². The Bertz CT molecular complexity index is 3780. The highest BCUT2D eigenvalue weighted by Crippen LogP contribution is 2.36. The van der Waals surface area contributed by atoms with Gasteiger partial charge in [-0.1, -0.05) is 12.1 Å². The number of nitrogens with one attached hydrogen (secondary N) is 8. The number of ether oxygens (including phenoxy) is 4. The molecule has 23 nitrogen and oxygen atoms in total. The quantitative estimate of drug-likeness (QED) is 0.0195. The number of carbonyl (C=O) groups is 3. The lowest BCUT2D eigenvalue weighted by atomic mass is 10.1. The summed E-state index contributed by atoms with van der Waals surface area (Å²) in [6.07, 6.45) is 3.52. The average Bonchev–Trinajstić information content (AvgIpc) is 2.89. The normalized spacial score (nSPS) is 11.7. The topological polar surface area (TPSA) is 264 Å². The van der Waals surface area contributed by atoms with E-state index in [1.807, 2.05) is 166 Å². The maximum Gasteiger partial charge on any atom is 0.315 e. The van der Waals surface area contributed by atoms with E-state index in [-0.39, 0.29) is 0 Å². The number of hydrogen-bond acceptors (Lipinski definition) is 15. The van der Waals surface area contributed by atoms with Gasteiger partial charge in [-0.3, -0.25) is 9.59 Å². The Morgan fingerprint density at radius 2 is 0.682 bits per heavy atom. The summed E-state index contributed by atoms with van der Waals surface area (Å²) in [4.78, 5) is 82.9. The number of anilines is 2. The molecule has 6 aromatic carbocycles. The third-order valence-corrected chi connectivity index (χ3v) is 14.4. The highest BCUT2D eigenvalue weighted by Gasteiger charge is 2.20. The van der Waals surface area contributed by atoms with Gasteiger partial charge in [0.15, 0.2) is 0 Å². The van der Waals surface area contributed by atoms with E-state index in [1.54, 1.807) is 0 Å². The van der Waals surface area contributed by atoms with Crippen LogP contribution in [0, 0.1) is 0 Å². The summed E-state index contributed by atoms with van der Waals surface area (Å²) in [5, 5.41) is 11.2. The van der Waals surface area contributed by atoms with Gasteiger partial charge in [0.1, 0.15) is 46.3 Å². The van der Waals surface area contributed by atoms with Crippen molar-refractivity contribution in [2.45, 2.75) is 25.7 Å². The van der Waals surface area contributed by atoms with Crippen LogP contribution in [0.3, 0.4) is 0 Å². The maximum absolute atomic E-state index is 13.9. The summed E-state index contributed by atoms with van der Waals surface area (Å²) < 4.78 is 24.2. The first-order valence-electron chi connectivity index (χ1n) is 29.6. The van der Waals surface area contributed by atoms with Gasteiger partial charge >= 0.3 is 6.03 Å². The van der Waals surface area contributed by atoms with E-state index in [0.29, 0.717) is 106 Å². The number of hydrogen-bond donors (Lipinski definition) is 8. The van der Waals surface area contributed by atoms with Crippen LogP contribution in [-0.4, -0.2) is 199 Å². The molecule has 10 aromatic rings. The number of H-pyrrole nitrogens is 4. The van der Waals surface area contributed by atoms with Crippen LogP contribution in [0.1, 0.15) is 25.7 Å². The summed E-state index contributed by atoms with van der Waals surface area (Å²) in [6.45, 7) is 5.04. The number of urea groups is 1. The zero-order valence-electron chi connectivity index (χ0n) is 51.2. The van der Waals surface area contributed by atoms with Crippen molar-refractivity contribution in [3.63, 3.8) is 0 Å². The standard InChI is InChI=1S/C65H78N16O7/c1-78(2)25-9-29-85-43-15-21-49-55(35-43)74-61(70-49)41-13-19-47(63-72-51-23-17-45(37-57(51)76-63)87-31-11-27-80(5)6)53(33-41)68-59(82)39-66-65(84)67-40-60(83)69-54-34-42(62-71-50-22-16-44(36-56(50)75-62)86-30-10-26-79(3)4)14-20-48(54)64-73-52-24-18-46(38-58(52)77-64)88-32-12-28-81(7)8/h13-24,33-38H,9-12,25-32,39-40H2,1-8H3,(H,68,82)(H,69,83)(H,70,74)(H,71,75)(H,72,76)(H,73,77)(H2,66,67,84). The second-order valence-electron chi connectivity index (χ2n) is 22.7. The van der Waals surface area contributed by atoms with Crippen LogP contribution in [0.15, 0.2) is 109 Å². The molecule has 0 aliphatic carbocycles. The molecule has 0 atom stereocenters. The zero-order chi connectivity index (χ0) is 61.7. The fourth-order valence-electron chi connectivity index (χ4n) is 9.90. The molecular formula is C65H78N16O7. The second kappa shape index (κ2) is 28.8. The number of aromatic nitrogens is 8. The molecule has 4 amide bonds. The SMILES string of the molecule is CN(C)CCCOc1ccc2nc(-c3ccc(-c4nc5ccc(OCCCN(C)C)cc5[nH]4)c(NC(=O)CNC(=O)NCC(=O)Nc4cc(-c5nc6ccc(OCCCN(C)C)cc6[nH]5)ccc4-c4nc5ccc(OCCCN(C)C)cc5[nH]4)c3)[nH]c2c1. The van der Waals surface area contributed by atoms with Crippen molar-refractivity contribution in [3.8, 4) is 68.5 Å². The summed E-state index contributed by atoms with van der Waals surface area (Å²) in [5.74, 6) is 3.94. The molecule has 460 valence electrons. The Labute approximate surface area is 510 Å². The van der Waals surface area contributed by atoms with Gasteiger partial charge in [0, 0.05) is 72.7 Å². The van der Waals surface area contributed by atoms with Gasteiger partial charge in [-0.15, -0.1) is 0 Å². The minimum Gasteiger partial charge on any atom is -0.493 e. The highest BCUT2D eigenvalue weighted by atomic mass is 16.5. The molecule has 0 saturated carbocycles. The van der Waals surface area contributed by atoms with Crippen molar-refractivity contribution in [1.82, 2.24) is 70.1 Å². The van der Waals surface area contributed by atoms with E-state index in [2.05, 4.69) is 60.8 Å². The number of imidazole rings is 4. The van der Waals surface area contributed by atoms with Gasteiger partial charge in [0.25, 0.3) is 0 Å². The lowest BCUT2D eigenvalue weighted by Gasteiger charge is -2.13. The predicted octanol–water partition coefficient (Wildman–Crippen LogP) is 9.06. The van der Waals surface area contributed by atoms with Gasteiger partial charge in [-0.05, 0) is 155 Å². The summed E-state index contributed by atoms with van der Waals surface area (Å²) in [7, 11) is 16.3. The molecule has 0 unspecified atom stereocenters. The molecule has 0 bridgehead atoms. The Hall–Kier alpha value is -9.55. The molecule has 0 aliphatic heterocycles. The average molecular weight is 1200 g/mol. The number of amides is 4. The van der Waals surface area contributed by atoms with E-state index < -0.39 is 30.9 Å². The van der Waals surface area contributed by atoms with Gasteiger partial charge in [-0.25, -0.2) is 24.7 Å². The number of carbonyl (C=O) groups excluding carboxylic acids is 3. The number of benzene rings is 6. The van der Waals surface area contributed by atoms with Crippen LogP contribution in [0.5, 0.6) is 23.0 Å². The Morgan fingerprint density at radius 1 is 0.386 bits per heavy atom. The lowest BCUT2D eigenvalue weighted by Crippen LogP contribution is -2.43. The minimum absolute atomic E-state index is 0.410. The van der Waals surface area contributed by atoms with Crippen LogP contribution in [0.25, 0.3) is 89.7 Å². The molecule has 23 heteroatoms. The van der Waals surface area contributed by atoms with Crippen LogP contribution in [0.4, 0.5) is 16.2 Å². The summed E-state index contributed by atoms with van der Waals surface area (Å²) in [5.41, 5.74) is 9.36. The van der Waals surface area contributed by atoms with Crippen molar-refractivity contribution in [2.75, 3.05) is 133 Å². The maximum atomic E-state index is 13.9. The van der Waals surface area contributed by atoms with Crippen molar-refractivity contribution < 1.29 is 33.3 Å². The van der Waals surface area contributed by atoms with Crippen molar-refractivity contribution >= 4 is 73.4 Å². The number of fused-ring (bicyclic) bond motifs is 4. The molecule has 10 rings (SSSR count). The van der Waals surface area contributed by atoms with Gasteiger partial charge in [-0.2, -0.15) is 0 Å². The molecule has 0 aliphatic rings. The number of nitrogens with zero attached hydrogens (tertiary/aromatic N) is 8. The molecule has 4 heterocycles. The molecule has 0 fully saturated rings. The molecule has 0 spiro atoms. The first-order chi connectivity index (χ1) is 42.5. The molecular weight excluding hydrogens is 1120 g/mol. The van der Waals surface area contributed by atoms with E-state index in [9.17, 15) is 14.4 Å². The number of aromatic amines is 4. The molecule has 0 saturated heterocycles. The fraction of sp³-hybridized carbons (Fsp3) is 0.338. The van der Waals surface area contributed by atoms with Crippen LogP contribution in [0.2, 0.25) is 0 Å². The first kappa shape index (κ1) is 61.5. The smallest absolute Gasteiger partial charge is 0.315 e. The molecule has 88 heavy (non-hydrogen) atoms. The van der Waals surface area contributed by atoms with Crippen molar-refractivity contribution in [2.24, 2.45) is 0 Å². The largest absolute Gasteiger partial charge is 0.493 e. The Morgan fingerprint density at radius 3 is 0.989 bits per heavy atom. The summed E-state index contributed by atoms with van der Waals surface area (Å²) >= 11 is 0. The van der Waals surface area contributed by atoms with Crippen molar-refractivity contribution in [3.05, 3.63) is 109 Å². The van der Waals surface area contributed by atoms with E-state index in [1.165, 1.54) is 0 Å². The van der Waals surface area contributed by atoms with E-state index in [0.717, 1.165) is 96.5 Å². The van der Waals surface area contributed by atoms with Gasteiger partial charge in [0.2, 0.25) is 11.8 Å². The molecule has 4 aromatic heterocycles. The van der Waals surface area contributed by atoms with Gasteiger partial charge in [0.05, 0.1) is 95.0 Å². The van der Waals surface area contributed by atoms with E-state index in [4.69, 9.17) is 38.9 Å². The van der Waals surface area contributed by atoms with Crippen LogP contribution >= 0.6 is 0 Å². The third kappa shape index (κ3) is 16.5. The second-order valence-corrected chi connectivity index (χ2v) is 22.7. The fourth-order valence-corrected chi connectivity index (χ4v) is 9.90. The zero-order valence-corrected chi connectivity index (χ0v) is 51.2. The molecule has 8 N–H and O–H groups in total. The van der Waals surface area contributed by atoms with Gasteiger partial charge < -0.3 is 79.8 Å². The highest BCUT2D eigenvalue weighted by molar-refractivity contribution is 6.01. The monoisotopic (exact) mass is 1190 g/mol. The minimum atomic E-state index is -0.742. The van der Waals surface area contributed by atoms with E-state index >= 15 is 0 Å². The Kier molecular flexibility index (Phi) is 20.1.